The molecule has 0 aliphatic carbocycles. The number of amides is 1. The molecule has 0 fully saturated rings. The molecule has 2 aromatic rings. The zero-order valence-electron chi connectivity index (χ0n) is 12.6. The highest BCUT2D eigenvalue weighted by molar-refractivity contribution is 6.04. The summed E-state index contributed by atoms with van der Waals surface area (Å²) >= 11 is 0. The molecule has 0 atom stereocenters. The van der Waals surface area contributed by atoms with Crippen LogP contribution >= 0.6 is 0 Å². The molecule has 0 bridgehead atoms. The monoisotopic (exact) mass is 323 g/mol. The minimum atomic E-state index is -4.45. The van der Waals surface area contributed by atoms with E-state index in [9.17, 15) is 18.0 Å². The van der Waals surface area contributed by atoms with Gasteiger partial charge < -0.3 is 10.1 Å². The van der Waals surface area contributed by atoms with Gasteiger partial charge in [-0.1, -0.05) is 12.1 Å². The van der Waals surface area contributed by atoms with Gasteiger partial charge in [0.15, 0.2) is 0 Å². The van der Waals surface area contributed by atoms with Gasteiger partial charge in [-0.2, -0.15) is 13.2 Å². The van der Waals surface area contributed by atoms with Gasteiger partial charge in [0.2, 0.25) is 0 Å². The Hall–Kier alpha value is -2.50. The number of hydrogen-bond donors (Lipinski definition) is 1. The summed E-state index contributed by atoms with van der Waals surface area (Å²) in [5, 5.41) is 2.46. The van der Waals surface area contributed by atoms with E-state index in [0.717, 1.165) is 12.1 Å². The van der Waals surface area contributed by atoms with Gasteiger partial charge in [0.25, 0.3) is 5.91 Å². The van der Waals surface area contributed by atoms with E-state index in [-0.39, 0.29) is 11.8 Å². The van der Waals surface area contributed by atoms with Gasteiger partial charge in [-0.15, -0.1) is 0 Å². The van der Waals surface area contributed by atoms with Crippen molar-refractivity contribution in [3.8, 4) is 5.75 Å². The fourth-order valence-electron chi connectivity index (χ4n) is 1.96. The minimum Gasteiger partial charge on any atom is -0.491 e. The van der Waals surface area contributed by atoms with Crippen LogP contribution in [0, 0.1) is 0 Å². The number of ether oxygens (including phenoxy) is 1. The van der Waals surface area contributed by atoms with Crippen molar-refractivity contribution in [2.45, 2.75) is 26.1 Å². The molecule has 0 aromatic heterocycles. The van der Waals surface area contributed by atoms with Gasteiger partial charge in [-0.3, -0.25) is 4.79 Å². The minimum absolute atomic E-state index is 0.0446. The Morgan fingerprint density at radius 3 is 2.43 bits per heavy atom. The number of hydrogen-bond acceptors (Lipinski definition) is 2. The van der Waals surface area contributed by atoms with E-state index in [4.69, 9.17) is 4.74 Å². The molecule has 0 unspecified atom stereocenters. The van der Waals surface area contributed by atoms with Crippen LogP contribution in [0.25, 0.3) is 0 Å². The van der Waals surface area contributed by atoms with E-state index in [0.29, 0.717) is 11.3 Å². The lowest BCUT2D eigenvalue weighted by Crippen LogP contribution is -2.13. The Morgan fingerprint density at radius 2 is 1.78 bits per heavy atom. The van der Waals surface area contributed by atoms with Gasteiger partial charge in [-0.05, 0) is 50.2 Å². The molecule has 0 aliphatic rings. The first-order valence-electron chi connectivity index (χ1n) is 7.01. The van der Waals surface area contributed by atoms with Crippen molar-refractivity contribution in [2.24, 2.45) is 0 Å². The summed E-state index contributed by atoms with van der Waals surface area (Å²) in [6.07, 6.45) is -4.50. The average molecular weight is 323 g/mol. The first-order chi connectivity index (χ1) is 10.8. The van der Waals surface area contributed by atoms with Gasteiger partial charge in [0.05, 0.1) is 11.7 Å². The van der Waals surface area contributed by atoms with E-state index in [1.165, 1.54) is 12.1 Å². The zero-order chi connectivity index (χ0) is 17.0. The van der Waals surface area contributed by atoms with Crippen LogP contribution in [0.1, 0.15) is 29.8 Å². The van der Waals surface area contributed by atoms with Crippen molar-refractivity contribution in [2.75, 3.05) is 5.32 Å². The number of alkyl halides is 3. The Kier molecular flexibility index (Phi) is 4.93. The molecule has 2 rings (SSSR count). The Balaban J connectivity index is 2.16. The molecule has 1 amide bonds. The van der Waals surface area contributed by atoms with Crippen molar-refractivity contribution in [3.63, 3.8) is 0 Å². The second-order valence-electron chi connectivity index (χ2n) is 5.23. The third kappa shape index (κ3) is 4.74. The molecule has 0 heterocycles. The van der Waals surface area contributed by atoms with Crippen molar-refractivity contribution in [3.05, 3.63) is 59.7 Å². The average Bonchev–Trinajstić information content (AvgIpc) is 2.46. The van der Waals surface area contributed by atoms with Crippen LogP contribution in [0.2, 0.25) is 0 Å². The maximum atomic E-state index is 12.7. The van der Waals surface area contributed by atoms with Gasteiger partial charge in [0.1, 0.15) is 5.75 Å². The number of rotatable bonds is 4. The highest BCUT2D eigenvalue weighted by atomic mass is 19.4. The fourth-order valence-corrected chi connectivity index (χ4v) is 1.96. The summed E-state index contributed by atoms with van der Waals surface area (Å²) in [5.74, 6) is 0.0234. The molecule has 0 saturated heterocycles. The lowest BCUT2D eigenvalue weighted by molar-refractivity contribution is -0.137. The molecule has 2 aromatic carbocycles. The van der Waals surface area contributed by atoms with Gasteiger partial charge in [0, 0.05) is 11.3 Å². The first kappa shape index (κ1) is 16.9. The maximum Gasteiger partial charge on any atom is 0.416 e. The lowest BCUT2D eigenvalue weighted by Gasteiger charge is -2.12. The number of nitrogens with one attached hydrogen (secondary N) is 1. The SMILES string of the molecule is CC(C)Oc1cccc(C(=O)Nc2cccc(C(F)(F)F)c2)c1. The van der Waals surface area contributed by atoms with Crippen LogP contribution < -0.4 is 10.1 Å². The molecule has 6 heteroatoms. The van der Waals surface area contributed by atoms with Crippen molar-refractivity contribution < 1.29 is 22.7 Å². The van der Waals surface area contributed by atoms with Crippen LogP contribution in [-0.2, 0) is 6.18 Å². The predicted octanol–water partition coefficient (Wildman–Crippen LogP) is 4.74. The standard InChI is InChI=1S/C17H16F3NO2/c1-11(2)23-15-8-3-5-12(9-15)16(22)21-14-7-4-6-13(10-14)17(18,19)20/h3-11H,1-2H3,(H,21,22). The quantitative estimate of drug-likeness (QED) is 0.882. The fraction of sp³-hybridized carbons (Fsp3) is 0.235. The van der Waals surface area contributed by atoms with E-state index >= 15 is 0 Å². The zero-order valence-corrected chi connectivity index (χ0v) is 12.6. The number of carbonyl (C=O) groups is 1. The first-order valence-corrected chi connectivity index (χ1v) is 7.01. The molecule has 0 saturated carbocycles. The molecule has 23 heavy (non-hydrogen) atoms. The summed E-state index contributed by atoms with van der Waals surface area (Å²) in [6.45, 7) is 3.71. The number of anilines is 1. The van der Waals surface area contributed by atoms with E-state index < -0.39 is 17.6 Å². The normalized spacial score (nSPS) is 11.4. The number of halogens is 3. The van der Waals surface area contributed by atoms with Gasteiger partial charge >= 0.3 is 6.18 Å². The largest absolute Gasteiger partial charge is 0.491 e. The van der Waals surface area contributed by atoms with E-state index in [2.05, 4.69) is 5.32 Å². The summed E-state index contributed by atoms with van der Waals surface area (Å²) in [7, 11) is 0. The third-order valence-corrected chi connectivity index (χ3v) is 2.92. The maximum absolute atomic E-state index is 12.7. The molecule has 3 nitrogen and oxygen atoms in total. The van der Waals surface area contributed by atoms with Crippen molar-refractivity contribution in [1.82, 2.24) is 0 Å². The highest BCUT2D eigenvalue weighted by Gasteiger charge is 2.30. The second kappa shape index (κ2) is 6.73. The van der Waals surface area contributed by atoms with Crippen LogP contribution in [0.5, 0.6) is 5.75 Å². The smallest absolute Gasteiger partial charge is 0.416 e. The van der Waals surface area contributed by atoms with Crippen LogP contribution in [0.15, 0.2) is 48.5 Å². The Labute approximate surface area is 132 Å². The molecule has 0 spiro atoms. The van der Waals surface area contributed by atoms with Gasteiger partial charge in [-0.25, -0.2) is 0 Å². The van der Waals surface area contributed by atoms with Crippen molar-refractivity contribution in [1.29, 1.82) is 0 Å². The molecule has 122 valence electrons. The predicted molar refractivity (Wildman–Crippen MR) is 81.6 cm³/mol. The Morgan fingerprint density at radius 1 is 1.09 bits per heavy atom. The second-order valence-corrected chi connectivity index (χ2v) is 5.23. The number of benzene rings is 2. The molecule has 0 aliphatic heterocycles. The van der Waals surface area contributed by atoms with Crippen LogP contribution in [-0.4, -0.2) is 12.0 Å². The molecule has 0 radical (unpaired) electrons. The summed E-state index contributed by atoms with van der Waals surface area (Å²) in [4.78, 5) is 12.2. The van der Waals surface area contributed by atoms with E-state index in [1.54, 1.807) is 24.3 Å². The summed E-state index contributed by atoms with van der Waals surface area (Å²) in [6, 6.07) is 11.0. The van der Waals surface area contributed by atoms with Crippen molar-refractivity contribution >= 4 is 11.6 Å². The Bertz CT molecular complexity index is 696. The highest BCUT2D eigenvalue weighted by Crippen LogP contribution is 2.30. The summed E-state index contributed by atoms with van der Waals surface area (Å²) < 4.78 is 43.5. The topological polar surface area (TPSA) is 38.3 Å². The van der Waals surface area contributed by atoms with E-state index in [1.807, 2.05) is 13.8 Å². The molecule has 1 N–H and O–H groups in total. The van der Waals surface area contributed by atoms with Crippen LogP contribution in [0.4, 0.5) is 18.9 Å². The molecular weight excluding hydrogens is 307 g/mol. The summed E-state index contributed by atoms with van der Waals surface area (Å²) in [5.41, 5.74) is -0.423. The third-order valence-electron chi connectivity index (χ3n) is 2.92. The molecular formula is C17H16F3NO2. The number of carbonyl (C=O) groups excluding carboxylic acids is 1. The lowest BCUT2D eigenvalue weighted by atomic mass is 10.1. The van der Waals surface area contributed by atoms with Crippen LogP contribution in [0.3, 0.4) is 0 Å².